The number of rotatable bonds is 7. The summed E-state index contributed by atoms with van der Waals surface area (Å²) in [5.74, 6) is -0.201. The maximum Gasteiger partial charge on any atom is 0.306 e. The van der Waals surface area contributed by atoms with Gasteiger partial charge in [0.15, 0.2) is 0 Å². The van der Waals surface area contributed by atoms with Crippen molar-refractivity contribution in [3.05, 3.63) is 0 Å². The standard InChI is InChI=1S/C11H23NO2/c1-9(2)5-7-12(4)8-6-10(3)11(13)14/h9-10H,5-8H2,1-4H3,(H,13,14). The van der Waals surface area contributed by atoms with Crippen LogP contribution in [0.3, 0.4) is 0 Å². The molecule has 1 unspecified atom stereocenters. The SMILES string of the molecule is CC(C)CCN(C)CCC(C)C(=O)O. The van der Waals surface area contributed by atoms with Crippen molar-refractivity contribution in [2.75, 3.05) is 20.1 Å². The molecule has 3 nitrogen and oxygen atoms in total. The fourth-order valence-electron chi connectivity index (χ4n) is 1.13. The molecule has 0 radical (unpaired) electrons. The molecule has 1 N–H and O–H groups in total. The van der Waals surface area contributed by atoms with Crippen LogP contribution in [0.4, 0.5) is 0 Å². The topological polar surface area (TPSA) is 40.5 Å². The van der Waals surface area contributed by atoms with Crippen LogP contribution in [0.25, 0.3) is 0 Å². The maximum atomic E-state index is 10.6. The molecule has 3 heteroatoms. The molecule has 0 aromatic heterocycles. The first-order valence-corrected chi connectivity index (χ1v) is 5.34. The van der Waals surface area contributed by atoms with Crippen molar-refractivity contribution in [3.8, 4) is 0 Å². The Kier molecular flexibility index (Phi) is 6.54. The summed E-state index contributed by atoms with van der Waals surface area (Å²) in [7, 11) is 2.05. The van der Waals surface area contributed by atoms with E-state index >= 15 is 0 Å². The molecular formula is C11H23NO2. The summed E-state index contributed by atoms with van der Waals surface area (Å²) in [5, 5.41) is 8.69. The lowest BCUT2D eigenvalue weighted by molar-refractivity contribution is -0.141. The van der Waals surface area contributed by atoms with Gasteiger partial charge in [-0.3, -0.25) is 4.79 Å². The summed E-state index contributed by atoms with van der Waals surface area (Å²) in [6.45, 7) is 8.10. The quantitative estimate of drug-likeness (QED) is 0.685. The van der Waals surface area contributed by atoms with E-state index in [4.69, 9.17) is 5.11 Å². The van der Waals surface area contributed by atoms with Crippen molar-refractivity contribution in [1.82, 2.24) is 4.90 Å². The van der Waals surface area contributed by atoms with Crippen LogP contribution in [0.2, 0.25) is 0 Å². The third-order valence-corrected chi connectivity index (χ3v) is 2.45. The largest absolute Gasteiger partial charge is 0.481 e. The molecule has 0 aliphatic rings. The molecule has 0 amide bonds. The summed E-state index contributed by atoms with van der Waals surface area (Å²) in [6, 6.07) is 0. The minimum atomic E-state index is -0.692. The molecule has 1 atom stereocenters. The summed E-state index contributed by atoms with van der Waals surface area (Å²) in [5.41, 5.74) is 0. The highest BCUT2D eigenvalue weighted by molar-refractivity contribution is 5.69. The summed E-state index contributed by atoms with van der Waals surface area (Å²) >= 11 is 0. The van der Waals surface area contributed by atoms with Crippen LogP contribution in [-0.2, 0) is 4.79 Å². The summed E-state index contributed by atoms with van der Waals surface area (Å²) in [4.78, 5) is 12.8. The molecule has 84 valence electrons. The minimum Gasteiger partial charge on any atom is -0.481 e. The van der Waals surface area contributed by atoms with Gasteiger partial charge >= 0.3 is 5.97 Å². The van der Waals surface area contributed by atoms with Crippen LogP contribution in [0.1, 0.15) is 33.6 Å². The second-order valence-corrected chi connectivity index (χ2v) is 4.51. The van der Waals surface area contributed by atoms with Gasteiger partial charge in [0.2, 0.25) is 0 Å². The first kappa shape index (κ1) is 13.4. The van der Waals surface area contributed by atoms with Gasteiger partial charge in [0, 0.05) is 0 Å². The van der Waals surface area contributed by atoms with Crippen LogP contribution >= 0.6 is 0 Å². The van der Waals surface area contributed by atoms with Crippen molar-refractivity contribution >= 4 is 5.97 Å². The van der Waals surface area contributed by atoms with E-state index in [1.807, 2.05) is 0 Å². The third kappa shape index (κ3) is 6.89. The number of aliphatic carboxylic acids is 1. The lowest BCUT2D eigenvalue weighted by atomic mass is 10.1. The number of carboxylic acid groups (broad SMARTS) is 1. The molecule has 0 spiro atoms. The third-order valence-electron chi connectivity index (χ3n) is 2.45. The van der Waals surface area contributed by atoms with Gasteiger partial charge in [0.25, 0.3) is 0 Å². The van der Waals surface area contributed by atoms with Crippen LogP contribution in [0, 0.1) is 11.8 Å². The maximum absolute atomic E-state index is 10.6. The van der Waals surface area contributed by atoms with Gasteiger partial charge in [0.1, 0.15) is 0 Å². The molecule has 0 aliphatic carbocycles. The van der Waals surface area contributed by atoms with Gasteiger partial charge in [-0.2, -0.15) is 0 Å². The second kappa shape index (κ2) is 6.82. The van der Waals surface area contributed by atoms with E-state index in [0.717, 1.165) is 19.5 Å². The van der Waals surface area contributed by atoms with Gasteiger partial charge in [-0.25, -0.2) is 0 Å². The lowest BCUT2D eigenvalue weighted by Crippen LogP contribution is -2.25. The average Bonchev–Trinajstić information content (AvgIpc) is 2.10. The molecular weight excluding hydrogens is 178 g/mol. The van der Waals surface area contributed by atoms with Gasteiger partial charge in [0.05, 0.1) is 5.92 Å². The minimum absolute atomic E-state index is 0.225. The molecule has 0 heterocycles. The van der Waals surface area contributed by atoms with Crippen molar-refractivity contribution in [2.45, 2.75) is 33.6 Å². The van der Waals surface area contributed by atoms with E-state index in [1.54, 1.807) is 6.92 Å². The van der Waals surface area contributed by atoms with E-state index < -0.39 is 5.97 Å². The average molecular weight is 201 g/mol. The van der Waals surface area contributed by atoms with Gasteiger partial charge < -0.3 is 10.0 Å². The van der Waals surface area contributed by atoms with Crippen molar-refractivity contribution < 1.29 is 9.90 Å². The Morgan fingerprint density at radius 1 is 1.21 bits per heavy atom. The van der Waals surface area contributed by atoms with Crippen molar-refractivity contribution in [1.29, 1.82) is 0 Å². The number of carbonyl (C=O) groups is 1. The fraction of sp³-hybridized carbons (Fsp3) is 0.909. The van der Waals surface area contributed by atoms with Crippen molar-refractivity contribution in [2.24, 2.45) is 11.8 Å². The molecule has 0 saturated carbocycles. The molecule has 14 heavy (non-hydrogen) atoms. The Balaban J connectivity index is 3.53. The van der Waals surface area contributed by atoms with E-state index in [0.29, 0.717) is 5.92 Å². The lowest BCUT2D eigenvalue weighted by Gasteiger charge is -2.18. The highest BCUT2D eigenvalue weighted by atomic mass is 16.4. The van der Waals surface area contributed by atoms with Crippen LogP contribution in [-0.4, -0.2) is 36.1 Å². The fourth-order valence-corrected chi connectivity index (χ4v) is 1.13. The molecule has 0 bridgehead atoms. The predicted octanol–water partition coefficient (Wildman–Crippen LogP) is 2.08. The first-order valence-electron chi connectivity index (χ1n) is 5.34. The monoisotopic (exact) mass is 201 g/mol. The Morgan fingerprint density at radius 2 is 1.71 bits per heavy atom. The zero-order valence-corrected chi connectivity index (χ0v) is 9.79. The van der Waals surface area contributed by atoms with Gasteiger partial charge in [-0.1, -0.05) is 20.8 Å². The van der Waals surface area contributed by atoms with Crippen LogP contribution in [0.5, 0.6) is 0 Å². The highest BCUT2D eigenvalue weighted by Crippen LogP contribution is 2.05. The highest BCUT2D eigenvalue weighted by Gasteiger charge is 2.11. The summed E-state index contributed by atoms with van der Waals surface area (Å²) in [6.07, 6.45) is 1.92. The second-order valence-electron chi connectivity index (χ2n) is 4.51. The number of hydrogen-bond acceptors (Lipinski definition) is 2. The van der Waals surface area contributed by atoms with E-state index in [2.05, 4.69) is 25.8 Å². The zero-order chi connectivity index (χ0) is 11.1. The van der Waals surface area contributed by atoms with Gasteiger partial charge in [-0.15, -0.1) is 0 Å². The normalized spacial score (nSPS) is 13.6. The smallest absolute Gasteiger partial charge is 0.306 e. The summed E-state index contributed by atoms with van der Waals surface area (Å²) < 4.78 is 0. The van der Waals surface area contributed by atoms with E-state index in [-0.39, 0.29) is 5.92 Å². The number of hydrogen-bond donors (Lipinski definition) is 1. The van der Waals surface area contributed by atoms with Crippen LogP contribution in [0.15, 0.2) is 0 Å². The Labute approximate surface area is 87.1 Å². The Morgan fingerprint density at radius 3 is 2.14 bits per heavy atom. The van der Waals surface area contributed by atoms with Crippen LogP contribution < -0.4 is 0 Å². The number of nitrogens with zero attached hydrogens (tertiary/aromatic N) is 1. The predicted molar refractivity (Wildman–Crippen MR) is 58.4 cm³/mol. The van der Waals surface area contributed by atoms with E-state index in [9.17, 15) is 4.79 Å². The molecule has 0 saturated heterocycles. The molecule has 0 aromatic carbocycles. The van der Waals surface area contributed by atoms with E-state index in [1.165, 1.54) is 6.42 Å². The van der Waals surface area contributed by atoms with Crippen molar-refractivity contribution in [3.63, 3.8) is 0 Å². The number of carboxylic acids is 1. The zero-order valence-electron chi connectivity index (χ0n) is 9.79. The Hall–Kier alpha value is -0.570. The van der Waals surface area contributed by atoms with Gasteiger partial charge in [-0.05, 0) is 38.9 Å². The molecule has 0 fully saturated rings. The molecule has 0 aliphatic heterocycles. The first-order chi connectivity index (χ1) is 6.43. The Bertz CT molecular complexity index is 169. The molecule has 0 rings (SSSR count). The molecule has 0 aromatic rings.